The maximum Gasteiger partial charge on any atom is 0.319 e. The molecule has 0 aromatic heterocycles. The van der Waals surface area contributed by atoms with Crippen LogP contribution in [0.1, 0.15) is 0 Å². The Morgan fingerprint density at radius 1 is 1.47 bits per heavy atom. The maximum atomic E-state index is 11.4. The molecule has 1 aromatic carbocycles. The van der Waals surface area contributed by atoms with Crippen molar-refractivity contribution in [3.8, 4) is 0 Å². The van der Waals surface area contributed by atoms with Crippen LogP contribution in [0.2, 0.25) is 5.02 Å². The van der Waals surface area contributed by atoms with Crippen molar-refractivity contribution in [1.82, 2.24) is 5.32 Å². The number of aliphatic hydroxyl groups is 1. The van der Waals surface area contributed by atoms with E-state index in [2.05, 4.69) is 10.6 Å². The Morgan fingerprint density at radius 2 is 2.12 bits per heavy atom. The molecule has 0 aliphatic heterocycles. The number of benzene rings is 1. The summed E-state index contributed by atoms with van der Waals surface area (Å²) in [6.45, 7) is 0.314. The fourth-order valence-corrected chi connectivity index (χ4v) is 1.30. The molecule has 1 unspecified atom stereocenters. The molecule has 0 aliphatic carbocycles. The van der Waals surface area contributed by atoms with Crippen molar-refractivity contribution in [1.29, 1.82) is 0 Å². The van der Waals surface area contributed by atoms with E-state index in [1.807, 2.05) is 0 Å². The largest absolute Gasteiger partial charge is 0.389 e. The van der Waals surface area contributed by atoms with Gasteiger partial charge in [0, 0.05) is 24.4 Å². The predicted molar refractivity (Wildman–Crippen MR) is 66.4 cm³/mol. The summed E-state index contributed by atoms with van der Waals surface area (Å²) in [4.78, 5) is 11.4. The maximum absolute atomic E-state index is 11.4. The van der Waals surface area contributed by atoms with Crippen molar-refractivity contribution in [2.45, 2.75) is 6.10 Å². The van der Waals surface area contributed by atoms with Crippen LogP contribution in [-0.4, -0.2) is 37.5 Å². The summed E-state index contributed by atoms with van der Waals surface area (Å²) < 4.78 is 4.73. The number of hydrogen-bond donors (Lipinski definition) is 3. The van der Waals surface area contributed by atoms with Gasteiger partial charge in [-0.3, -0.25) is 0 Å². The molecular weight excluding hydrogens is 244 g/mol. The molecule has 0 spiro atoms. The number of anilines is 1. The molecule has 94 valence electrons. The van der Waals surface area contributed by atoms with Gasteiger partial charge in [-0.1, -0.05) is 11.6 Å². The predicted octanol–water partition coefficient (Wildman–Crippen LogP) is 1.47. The molecule has 0 saturated carbocycles. The Kier molecular flexibility index (Phi) is 5.76. The van der Waals surface area contributed by atoms with Crippen LogP contribution in [0.4, 0.5) is 10.5 Å². The monoisotopic (exact) mass is 258 g/mol. The van der Waals surface area contributed by atoms with Gasteiger partial charge in [-0.25, -0.2) is 4.79 Å². The van der Waals surface area contributed by atoms with Gasteiger partial charge in [0.25, 0.3) is 0 Å². The Morgan fingerprint density at radius 3 is 2.71 bits per heavy atom. The molecule has 0 saturated heterocycles. The Balaban J connectivity index is 2.32. The molecule has 0 heterocycles. The molecule has 3 N–H and O–H groups in total. The smallest absolute Gasteiger partial charge is 0.319 e. The topological polar surface area (TPSA) is 70.6 Å². The fraction of sp³-hybridized carbons (Fsp3) is 0.364. The lowest BCUT2D eigenvalue weighted by molar-refractivity contribution is 0.0663. The van der Waals surface area contributed by atoms with Crippen LogP contribution in [0.15, 0.2) is 24.3 Å². The first-order chi connectivity index (χ1) is 8.11. The molecule has 0 aliphatic rings. The average molecular weight is 259 g/mol. The Hall–Kier alpha value is -1.30. The van der Waals surface area contributed by atoms with Crippen LogP contribution in [0, 0.1) is 0 Å². The normalized spacial score (nSPS) is 11.9. The zero-order valence-electron chi connectivity index (χ0n) is 9.44. The standard InChI is InChI=1S/C11H15ClN2O3/c1-17-7-10(15)6-13-11(16)14-9-4-2-8(12)3-5-9/h2-5,10,15H,6-7H2,1H3,(H2,13,14,16). The van der Waals surface area contributed by atoms with Crippen molar-refractivity contribution in [3.05, 3.63) is 29.3 Å². The number of ether oxygens (including phenoxy) is 1. The number of aliphatic hydroxyl groups excluding tert-OH is 1. The van der Waals surface area contributed by atoms with Crippen molar-refractivity contribution < 1.29 is 14.6 Å². The number of carbonyl (C=O) groups is 1. The third-order valence-corrected chi connectivity index (χ3v) is 2.21. The number of hydrogen-bond acceptors (Lipinski definition) is 3. The summed E-state index contributed by atoms with van der Waals surface area (Å²) in [5.41, 5.74) is 0.633. The van der Waals surface area contributed by atoms with Crippen LogP contribution < -0.4 is 10.6 Å². The number of methoxy groups -OCH3 is 1. The summed E-state index contributed by atoms with van der Waals surface area (Å²) in [6, 6.07) is 6.34. The van der Waals surface area contributed by atoms with E-state index in [4.69, 9.17) is 16.3 Å². The van der Waals surface area contributed by atoms with Crippen LogP contribution >= 0.6 is 11.6 Å². The third-order valence-electron chi connectivity index (χ3n) is 1.96. The molecule has 1 atom stereocenters. The molecule has 1 aromatic rings. The van der Waals surface area contributed by atoms with E-state index in [0.29, 0.717) is 10.7 Å². The second-order valence-corrected chi connectivity index (χ2v) is 3.89. The summed E-state index contributed by atoms with van der Waals surface area (Å²) in [5, 5.41) is 15.0. The molecule has 0 bridgehead atoms. The van der Waals surface area contributed by atoms with E-state index in [1.54, 1.807) is 24.3 Å². The van der Waals surface area contributed by atoms with E-state index in [0.717, 1.165) is 0 Å². The molecule has 17 heavy (non-hydrogen) atoms. The van der Waals surface area contributed by atoms with E-state index < -0.39 is 6.10 Å². The van der Waals surface area contributed by atoms with Gasteiger partial charge < -0.3 is 20.5 Å². The molecule has 5 nitrogen and oxygen atoms in total. The van der Waals surface area contributed by atoms with E-state index in [1.165, 1.54) is 7.11 Å². The van der Waals surface area contributed by atoms with Crippen molar-refractivity contribution in [3.63, 3.8) is 0 Å². The highest BCUT2D eigenvalue weighted by atomic mass is 35.5. The molecule has 1 rings (SSSR count). The minimum absolute atomic E-state index is 0.132. The summed E-state index contributed by atoms with van der Waals surface area (Å²) in [5.74, 6) is 0. The first-order valence-corrected chi connectivity index (χ1v) is 5.47. The third kappa shape index (κ3) is 5.53. The van der Waals surface area contributed by atoms with Gasteiger partial charge in [0.15, 0.2) is 0 Å². The van der Waals surface area contributed by atoms with Crippen LogP contribution in [0.25, 0.3) is 0 Å². The number of urea groups is 1. The highest BCUT2D eigenvalue weighted by Crippen LogP contribution is 2.12. The van der Waals surface area contributed by atoms with Gasteiger partial charge in [0.05, 0.1) is 12.7 Å². The van der Waals surface area contributed by atoms with Crippen molar-refractivity contribution in [2.24, 2.45) is 0 Å². The SMILES string of the molecule is COCC(O)CNC(=O)Nc1ccc(Cl)cc1. The van der Waals surface area contributed by atoms with Gasteiger partial charge in [0.2, 0.25) is 0 Å². The van der Waals surface area contributed by atoms with Gasteiger partial charge in [-0.2, -0.15) is 0 Å². The van der Waals surface area contributed by atoms with Crippen LogP contribution in [0.3, 0.4) is 0 Å². The molecule has 6 heteroatoms. The molecular formula is C11H15ClN2O3. The zero-order valence-corrected chi connectivity index (χ0v) is 10.2. The summed E-state index contributed by atoms with van der Waals surface area (Å²) in [7, 11) is 1.48. The van der Waals surface area contributed by atoms with Gasteiger partial charge in [-0.15, -0.1) is 0 Å². The number of amides is 2. The van der Waals surface area contributed by atoms with E-state index >= 15 is 0 Å². The van der Waals surface area contributed by atoms with Crippen LogP contribution in [-0.2, 0) is 4.74 Å². The lowest BCUT2D eigenvalue weighted by Gasteiger charge is -2.11. The fourth-order valence-electron chi connectivity index (χ4n) is 1.17. The number of nitrogens with one attached hydrogen (secondary N) is 2. The number of rotatable bonds is 5. The number of halogens is 1. The van der Waals surface area contributed by atoms with Gasteiger partial charge in [-0.05, 0) is 24.3 Å². The molecule has 0 radical (unpaired) electrons. The second kappa shape index (κ2) is 7.11. The average Bonchev–Trinajstić information content (AvgIpc) is 2.30. The van der Waals surface area contributed by atoms with Gasteiger partial charge >= 0.3 is 6.03 Å². The highest BCUT2D eigenvalue weighted by molar-refractivity contribution is 6.30. The second-order valence-electron chi connectivity index (χ2n) is 3.45. The Bertz CT molecular complexity index is 356. The minimum Gasteiger partial charge on any atom is -0.389 e. The first-order valence-electron chi connectivity index (χ1n) is 5.09. The molecule has 0 fully saturated rings. The Labute approximate surface area is 105 Å². The lowest BCUT2D eigenvalue weighted by atomic mass is 10.3. The quantitative estimate of drug-likeness (QED) is 0.749. The minimum atomic E-state index is -0.712. The summed E-state index contributed by atoms with van der Waals surface area (Å²) >= 11 is 5.71. The van der Waals surface area contributed by atoms with Crippen LogP contribution in [0.5, 0.6) is 0 Å². The highest BCUT2D eigenvalue weighted by Gasteiger charge is 2.06. The van der Waals surface area contributed by atoms with E-state index in [9.17, 15) is 9.90 Å². The van der Waals surface area contributed by atoms with Crippen molar-refractivity contribution in [2.75, 3.05) is 25.6 Å². The zero-order chi connectivity index (χ0) is 12.7. The van der Waals surface area contributed by atoms with E-state index in [-0.39, 0.29) is 19.2 Å². The van der Waals surface area contributed by atoms with Gasteiger partial charge in [0.1, 0.15) is 0 Å². The summed E-state index contributed by atoms with van der Waals surface area (Å²) in [6.07, 6.45) is -0.712. The number of carbonyl (C=O) groups excluding carboxylic acids is 1. The van der Waals surface area contributed by atoms with Crippen molar-refractivity contribution >= 4 is 23.3 Å². The first kappa shape index (κ1) is 13.8. The molecule has 2 amide bonds. The lowest BCUT2D eigenvalue weighted by Crippen LogP contribution is -2.36.